The lowest BCUT2D eigenvalue weighted by Gasteiger charge is -2.21. The summed E-state index contributed by atoms with van der Waals surface area (Å²) < 4.78 is 5.12. The Kier molecular flexibility index (Phi) is 7.79. The van der Waals surface area contributed by atoms with Gasteiger partial charge in [-0.25, -0.2) is 0 Å². The van der Waals surface area contributed by atoms with Crippen molar-refractivity contribution >= 4 is 11.8 Å². The first kappa shape index (κ1) is 20.4. The van der Waals surface area contributed by atoms with Crippen LogP contribution in [0.15, 0.2) is 42.6 Å². The molecule has 0 aliphatic rings. The number of ether oxygens (including phenoxy) is 1. The summed E-state index contributed by atoms with van der Waals surface area (Å²) in [6.07, 6.45) is 3.27. The predicted molar refractivity (Wildman–Crippen MR) is 105 cm³/mol. The second-order valence-electron chi connectivity index (χ2n) is 6.25. The molecule has 1 aromatic carbocycles. The van der Waals surface area contributed by atoms with Crippen molar-refractivity contribution in [1.82, 2.24) is 15.2 Å². The van der Waals surface area contributed by atoms with Crippen LogP contribution in [0, 0.1) is 0 Å². The highest BCUT2D eigenvalue weighted by Crippen LogP contribution is 2.12. The summed E-state index contributed by atoms with van der Waals surface area (Å²) in [6.45, 7) is 5.83. The molecule has 0 unspecified atom stereocenters. The van der Waals surface area contributed by atoms with E-state index < -0.39 is 0 Å². The van der Waals surface area contributed by atoms with Gasteiger partial charge in [-0.2, -0.15) is 0 Å². The van der Waals surface area contributed by atoms with Gasteiger partial charge in [0.1, 0.15) is 11.4 Å². The van der Waals surface area contributed by atoms with Crippen molar-refractivity contribution in [2.75, 3.05) is 20.2 Å². The number of amides is 2. The first-order valence-electron chi connectivity index (χ1n) is 9.25. The average Bonchev–Trinajstić information content (AvgIpc) is 2.71. The molecule has 6 nitrogen and oxygen atoms in total. The van der Waals surface area contributed by atoms with Gasteiger partial charge in [0.15, 0.2) is 0 Å². The van der Waals surface area contributed by atoms with Gasteiger partial charge in [-0.05, 0) is 42.7 Å². The molecular weight excluding hydrogens is 342 g/mol. The van der Waals surface area contributed by atoms with Crippen LogP contribution < -0.4 is 10.1 Å². The lowest BCUT2D eigenvalue weighted by atomic mass is 10.1. The number of hydrogen-bond acceptors (Lipinski definition) is 4. The third kappa shape index (κ3) is 5.81. The maximum absolute atomic E-state index is 12.7. The maximum atomic E-state index is 12.7. The number of carbonyl (C=O) groups excluding carboxylic acids is 2. The van der Waals surface area contributed by atoms with Gasteiger partial charge in [-0.3, -0.25) is 14.6 Å². The summed E-state index contributed by atoms with van der Waals surface area (Å²) in [7, 11) is 1.61. The molecule has 1 aromatic heterocycles. The standard InChI is InChI=1S/C21H27N3O3/c1-4-12-24(13-5-2)21(26)19-14-17(10-11-22-19)20(25)23-15-16-6-8-18(27-3)9-7-16/h6-11,14H,4-5,12-13,15H2,1-3H3,(H,23,25). The lowest BCUT2D eigenvalue weighted by Crippen LogP contribution is -2.33. The Labute approximate surface area is 160 Å². The van der Waals surface area contributed by atoms with Crippen molar-refractivity contribution in [3.05, 3.63) is 59.4 Å². The Bertz CT molecular complexity index is 754. The molecule has 0 aliphatic carbocycles. The number of benzene rings is 1. The van der Waals surface area contributed by atoms with E-state index in [1.54, 1.807) is 24.1 Å². The molecule has 0 saturated heterocycles. The molecule has 0 atom stereocenters. The highest BCUT2D eigenvalue weighted by Gasteiger charge is 2.17. The number of pyridine rings is 1. The third-order valence-electron chi connectivity index (χ3n) is 4.13. The summed E-state index contributed by atoms with van der Waals surface area (Å²) in [6, 6.07) is 10.7. The van der Waals surface area contributed by atoms with Crippen molar-refractivity contribution in [3.63, 3.8) is 0 Å². The molecule has 6 heteroatoms. The number of carbonyl (C=O) groups is 2. The van der Waals surface area contributed by atoms with E-state index in [0.29, 0.717) is 30.9 Å². The number of nitrogens with zero attached hydrogens (tertiary/aromatic N) is 2. The monoisotopic (exact) mass is 369 g/mol. The van der Waals surface area contributed by atoms with E-state index >= 15 is 0 Å². The van der Waals surface area contributed by atoms with Crippen LogP contribution in [-0.2, 0) is 6.54 Å². The van der Waals surface area contributed by atoms with Crippen LogP contribution in [0.2, 0.25) is 0 Å². The molecule has 2 aromatic rings. The van der Waals surface area contributed by atoms with Crippen LogP contribution in [0.3, 0.4) is 0 Å². The second kappa shape index (κ2) is 10.3. The zero-order valence-electron chi connectivity index (χ0n) is 16.2. The van der Waals surface area contributed by atoms with Gasteiger partial charge in [0, 0.05) is 31.4 Å². The van der Waals surface area contributed by atoms with E-state index in [2.05, 4.69) is 10.3 Å². The topological polar surface area (TPSA) is 71.5 Å². The Morgan fingerprint density at radius 2 is 1.74 bits per heavy atom. The van der Waals surface area contributed by atoms with E-state index in [0.717, 1.165) is 24.2 Å². The zero-order valence-corrected chi connectivity index (χ0v) is 16.2. The molecular formula is C21H27N3O3. The Balaban J connectivity index is 2.04. The molecule has 1 N–H and O–H groups in total. The minimum atomic E-state index is -0.236. The summed E-state index contributed by atoms with van der Waals surface area (Å²) in [5, 5.41) is 2.87. The molecule has 27 heavy (non-hydrogen) atoms. The summed E-state index contributed by atoms with van der Waals surface area (Å²) in [5.74, 6) is 0.398. The smallest absolute Gasteiger partial charge is 0.272 e. The minimum Gasteiger partial charge on any atom is -0.497 e. The zero-order chi connectivity index (χ0) is 19.6. The highest BCUT2D eigenvalue weighted by atomic mass is 16.5. The normalized spacial score (nSPS) is 10.3. The number of aromatic nitrogens is 1. The molecule has 144 valence electrons. The van der Waals surface area contributed by atoms with Crippen LogP contribution in [0.5, 0.6) is 5.75 Å². The largest absolute Gasteiger partial charge is 0.497 e. The van der Waals surface area contributed by atoms with E-state index in [-0.39, 0.29) is 11.8 Å². The van der Waals surface area contributed by atoms with Crippen LogP contribution in [0.1, 0.15) is 53.1 Å². The van der Waals surface area contributed by atoms with Crippen molar-refractivity contribution in [2.24, 2.45) is 0 Å². The summed E-state index contributed by atoms with van der Waals surface area (Å²) in [4.78, 5) is 31.0. The molecule has 0 spiro atoms. The third-order valence-corrected chi connectivity index (χ3v) is 4.13. The molecule has 2 amide bonds. The molecule has 0 saturated carbocycles. The fourth-order valence-electron chi connectivity index (χ4n) is 2.73. The van der Waals surface area contributed by atoms with E-state index in [9.17, 15) is 9.59 Å². The van der Waals surface area contributed by atoms with E-state index in [1.165, 1.54) is 6.20 Å². The molecule has 1 heterocycles. The first-order chi connectivity index (χ1) is 13.1. The lowest BCUT2D eigenvalue weighted by molar-refractivity contribution is 0.0749. The number of hydrogen-bond donors (Lipinski definition) is 1. The predicted octanol–water partition coefficient (Wildman–Crippen LogP) is 3.28. The van der Waals surface area contributed by atoms with Crippen molar-refractivity contribution in [1.29, 1.82) is 0 Å². The van der Waals surface area contributed by atoms with Crippen LogP contribution in [0.25, 0.3) is 0 Å². The Morgan fingerprint density at radius 3 is 2.33 bits per heavy atom. The Morgan fingerprint density at radius 1 is 1.07 bits per heavy atom. The van der Waals surface area contributed by atoms with Gasteiger partial charge < -0.3 is 15.0 Å². The first-order valence-corrected chi connectivity index (χ1v) is 9.25. The summed E-state index contributed by atoms with van der Waals surface area (Å²) in [5.41, 5.74) is 1.69. The molecule has 0 fully saturated rings. The van der Waals surface area contributed by atoms with Gasteiger partial charge in [-0.1, -0.05) is 26.0 Å². The van der Waals surface area contributed by atoms with Crippen LogP contribution in [0.4, 0.5) is 0 Å². The SMILES string of the molecule is CCCN(CCC)C(=O)c1cc(C(=O)NCc2ccc(OC)cc2)ccn1. The summed E-state index contributed by atoms with van der Waals surface area (Å²) >= 11 is 0. The van der Waals surface area contributed by atoms with E-state index in [1.807, 2.05) is 38.1 Å². The molecule has 0 radical (unpaired) electrons. The Hall–Kier alpha value is -2.89. The quantitative estimate of drug-likeness (QED) is 0.736. The van der Waals surface area contributed by atoms with Crippen LogP contribution in [-0.4, -0.2) is 41.9 Å². The van der Waals surface area contributed by atoms with Crippen molar-refractivity contribution in [2.45, 2.75) is 33.2 Å². The molecule has 0 bridgehead atoms. The van der Waals surface area contributed by atoms with Gasteiger partial charge in [0.25, 0.3) is 11.8 Å². The van der Waals surface area contributed by atoms with Gasteiger partial charge >= 0.3 is 0 Å². The molecule has 0 aliphatic heterocycles. The number of methoxy groups -OCH3 is 1. The second-order valence-corrected chi connectivity index (χ2v) is 6.25. The van der Waals surface area contributed by atoms with Gasteiger partial charge in [-0.15, -0.1) is 0 Å². The van der Waals surface area contributed by atoms with Crippen molar-refractivity contribution in [3.8, 4) is 5.75 Å². The number of nitrogens with one attached hydrogen (secondary N) is 1. The molecule has 2 rings (SSSR count). The van der Waals surface area contributed by atoms with Crippen molar-refractivity contribution < 1.29 is 14.3 Å². The average molecular weight is 369 g/mol. The maximum Gasteiger partial charge on any atom is 0.272 e. The van der Waals surface area contributed by atoms with Crippen LogP contribution >= 0.6 is 0 Å². The minimum absolute atomic E-state index is 0.136. The van der Waals surface area contributed by atoms with E-state index in [4.69, 9.17) is 4.74 Å². The fraction of sp³-hybridized carbons (Fsp3) is 0.381. The van der Waals surface area contributed by atoms with Gasteiger partial charge in [0.05, 0.1) is 7.11 Å². The van der Waals surface area contributed by atoms with Gasteiger partial charge in [0.2, 0.25) is 0 Å². The highest BCUT2D eigenvalue weighted by molar-refractivity contribution is 5.98. The number of rotatable bonds is 9. The fourth-order valence-corrected chi connectivity index (χ4v) is 2.73.